The number of rotatable bonds is 7. The van der Waals surface area contributed by atoms with Crippen molar-refractivity contribution in [1.29, 1.82) is 5.41 Å². The Kier molecular flexibility index (Phi) is 19.5. The molecule has 0 saturated carbocycles. The fourth-order valence-electron chi connectivity index (χ4n) is 1.28. The highest BCUT2D eigenvalue weighted by molar-refractivity contribution is 5.91. The van der Waals surface area contributed by atoms with Crippen LogP contribution in [0.15, 0.2) is 4.99 Å². The Hall–Kier alpha value is -0.680. The minimum absolute atomic E-state index is 0. The van der Waals surface area contributed by atoms with E-state index in [0.717, 1.165) is 13.0 Å². The highest BCUT2D eigenvalue weighted by Crippen LogP contribution is 2.03. The first-order valence-electron chi connectivity index (χ1n) is 5.59. The van der Waals surface area contributed by atoms with Crippen LogP contribution in [0.5, 0.6) is 0 Å². The Morgan fingerprint density at radius 3 is 2.12 bits per heavy atom. The van der Waals surface area contributed by atoms with Crippen LogP contribution in [0.2, 0.25) is 0 Å². The minimum Gasteiger partial charge on any atom is -0.370 e. The van der Waals surface area contributed by atoms with Gasteiger partial charge in [0.2, 0.25) is 5.96 Å². The molecule has 0 saturated heterocycles. The summed E-state index contributed by atoms with van der Waals surface area (Å²) in [6, 6.07) is 0. The van der Waals surface area contributed by atoms with E-state index in [9.17, 15) is 0 Å². The Morgan fingerprint density at radius 2 is 1.59 bits per heavy atom. The number of hydrogen-bond donors (Lipinski definition) is 4. The Balaban J connectivity index is -0.000000980. The summed E-state index contributed by atoms with van der Waals surface area (Å²) >= 11 is 0. The molecule has 0 aliphatic heterocycles. The molecule has 0 aliphatic rings. The van der Waals surface area contributed by atoms with Crippen LogP contribution in [0.4, 0.5) is 0 Å². The third-order valence-corrected chi connectivity index (χ3v) is 2.06. The quantitative estimate of drug-likeness (QED) is 0.327. The lowest BCUT2D eigenvalue weighted by Gasteiger charge is -2.03. The number of nitrogens with two attached hydrogens (primary N) is 2. The van der Waals surface area contributed by atoms with Gasteiger partial charge in [-0.3, -0.25) is 5.41 Å². The summed E-state index contributed by atoms with van der Waals surface area (Å²) in [5, 5.41) is 10.1. The number of nitrogens with one attached hydrogen (secondary N) is 2. The van der Waals surface area contributed by atoms with Gasteiger partial charge < -0.3 is 16.8 Å². The SMILES string of the molecule is CCCCCCCCNC(=N)N=C(N)N.Cl.Cl. The normalized spacial score (nSPS) is 8.53. The summed E-state index contributed by atoms with van der Waals surface area (Å²) in [7, 11) is 0. The van der Waals surface area contributed by atoms with Gasteiger partial charge in [0, 0.05) is 6.54 Å². The summed E-state index contributed by atoms with van der Waals surface area (Å²) in [6.07, 6.45) is 7.42. The number of nitrogens with zero attached hydrogens (tertiary/aromatic N) is 1. The predicted molar refractivity (Wildman–Crippen MR) is 79.4 cm³/mol. The maximum atomic E-state index is 7.31. The number of unbranched alkanes of at least 4 members (excludes halogenated alkanes) is 5. The first-order chi connectivity index (χ1) is 7.16. The number of halogens is 2. The van der Waals surface area contributed by atoms with Gasteiger partial charge >= 0.3 is 0 Å². The molecule has 0 bridgehead atoms. The third kappa shape index (κ3) is 17.9. The van der Waals surface area contributed by atoms with Crippen molar-refractivity contribution in [3.8, 4) is 0 Å². The van der Waals surface area contributed by atoms with E-state index >= 15 is 0 Å². The molecule has 5 nitrogen and oxygen atoms in total. The lowest BCUT2D eigenvalue weighted by molar-refractivity contribution is 0.601. The van der Waals surface area contributed by atoms with Gasteiger partial charge in [0.05, 0.1) is 0 Å². The molecule has 0 aromatic rings. The van der Waals surface area contributed by atoms with Crippen molar-refractivity contribution < 1.29 is 0 Å². The van der Waals surface area contributed by atoms with Crippen molar-refractivity contribution >= 4 is 36.7 Å². The molecule has 104 valence electrons. The Morgan fingerprint density at radius 1 is 1.06 bits per heavy atom. The van der Waals surface area contributed by atoms with E-state index in [-0.39, 0.29) is 36.7 Å². The molecule has 6 N–H and O–H groups in total. The molecule has 0 aromatic carbocycles. The van der Waals surface area contributed by atoms with Gasteiger partial charge in [0.1, 0.15) is 0 Å². The lowest BCUT2D eigenvalue weighted by atomic mass is 10.1. The smallest absolute Gasteiger partial charge is 0.218 e. The van der Waals surface area contributed by atoms with Gasteiger partial charge in [-0.05, 0) is 6.42 Å². The summed E-state index contributed by atoms with van der Waals surface area (Å²) < 4.78 is 0. The Labute approximate surface area is 116 Å². The summed E-state index contributed by atoms with van der Waals surface area (Å²) in [5.74, 6) is -0.0287. The third-order valence-electron chi connectivity index (χ3n) is 2.06. The van der Waals surface area contributed by atoms with Gasteiger partial charge in [-0.25, -0.2) is 0 Å². The highest BCUT2D eigenvalue weighted by Gasteiger charge is 1.93. The highest BCUT2D eigenvalue weighted by atomic mass is 35.5. The van der Waals surface area contributed by atoms with Crippen molar-refractivity contribution in [2.75, 3.05) is 6.54 Å². The second-order valence-corrected chi connectivity index (χ2v) is 3.58. The zero-order valence-corrected chi connectivity index (χ0v) is 12.0. The molecular weight excluding hydrogens is 261 g/mol. The van der Waals surface area contributed by atoms with E-state index in [1.807, 2.05) is 0 Å². The largest absolute Gasteiger partial charge is 0.370 e. The molecule has 0 aromatic heterocycles. The van der Waals surface area contributed by atoms with E-state index in [0.29, 0.717) is 0 Å². The van der Waals surface area contributed by atoms with Crippen molar-refractivity contribution in [3.63, 3.8) is 0 Å². The van der Waals surface area contributed by atoms with Crippen molar-refractivity contribution in [2.45, 2.75) is 45.4 Å². The molecule has 0 amide bonds. The van der Waals surface area contributed by atoms with Crippen LogP contribution in [-0.2, 0) is 0 Å². The molecule has 7 heteroatoms. The van der Waals surface area contributed by atoms with E-state index in [1.54, 1.807) is 0 Å². The van der Waals surface area contributed by atoms with Crippen LogP contribution < -0.4 is 16.8 Å². The second-order valence-electron chi connectivity index (χ2n) is 3.58. The topological polar surface area (TPSA) is 100 Å². The van der Waals surface area contributed by atoms with E-state index in [4.69, 9.17) is 16.9 Å². The molecule has 0 fully saturated rings. The fourth-order valence-corrected chi connectivity index (χ4v) is 1.28. The number of guanidine groups is 2. The van der Waals surface area contributed by atoms with Crippen LogP contribution in [0.1, 0.15) is 45.4 Å². The van der Waals surface area contributed by atoms with Crippen LogP contribution in [0, 0.1) is 5.41 Å². The molecular formula is C10H25Cl2N5. The molecule has 0 atom stereocenters. The summed E-state index contributed by atoms with van der Waals surface area (Å²) in [6.45, 7) is 2.97. The van der Waals surface area contributed by atoms with Gasteiger partial charge in [0.25, 0.3) is 0 Å². The Bertz CT molecular complexity index is 205. The molecule has 0 unspecified atom stereocenters. The second kappa shape index (κ2) is 15.3. The standard InChI is InChI=1S/C10H23N5.2ClH/c1-2-3-4-5-6-7-8-14-10(13)15-9(11)12;;/h2-8H2,1H3,(H6,11,12,13,14,15);2*1H. The molecule has 0 radical (unpaired) electrons. The zero-order valence-electron chi connectivity index (χ0n) is 10.4. The summed E-state index contributed by atoms with van der Waals surface area (Å²) in [5.41, 5.74) is 10.3. The molecule has 17 heavy (non-hydrogen) atoms. The zero-order chi connectivity index (χ0) is 11.5. The average molecular weight is 286 g/mol. The van der Waals surface area contributed by atoms with Gasteiger partial charge in [-0.15, -0.1) is 24.8 Å². The maximum absolute atomic E-state index is 7.31. The van der Waals surface area contributed by atoms with E-state index in [1.165, 1.54) is 32.1 Å². The fraction of sp³-hybridized carbons (Fsp3) is 0.800. The first-order valence-corrected chi connectivity index (χ1v) is 5.59. The average Bonchev–Trinajstić information content (AvgIpc) is 2.15. The van der Waals surface area contributed by atoms with E-state index in [2.05, 4.69) is 17.2 Å². The van der Waals surface area contributed by atoms with Crippen LogP contribution in [0.25, 0.3) is 0 Å². The number of hydrogen-bond acceptors (Lipinski definition) is 1. The molecule has 0 aliphatic carbocycles. The minimum atomic E-state index is -0.0737. The summed E-state index contributed by atoms with van der Waals surface area (Å²) in [4.78, 5) is 3.57. The van der Waals surface area contributed by atoms with Gasteiger partial charge in [-0.1, -0.05) is 39.0 Å². The molecule has 0 rings (SSSR count). The molecule has 0 spiro atoms. The molecule has 0 heterocycles. The first kappa shape index (κ1) is 21.6. The van der Waals surface area contributed by atoms with Gasteiger partial charge in [-0.2, -0.15) is 4.99 Å². The lowest BCUT2D eigenvalue weighted by Crippen LogP contribution is -2.29. The maximum Gasteiger partial charge on any atom is 0.218 e. The predicted octanol–water partition coefficient (Wildman–Crippen LogP) is 1.99. The van der Waals surface area contributed by atoms with Crippen molar-refractivity contribution in [1.82, 2.24) is 5.32 Å². The monoisotopic (exact) mass is 285 g/mol. The van der Waals surface area contributed by atoms with Crippen LogP contribution >= 0.6 is 24.8 Å². The van der Waals surface area contributed by atoms with Crippen LogP contribution in [0.3, 0.4) is 0 Å². The van der Waals surface area contributed by atoms with E-state index < -0.39 is 0 Å². The van der Waals surface area contributed by atoms with Crippen LogP contribution in [-0.4, -0.2) is 18.5 Å². The van der Waals surface area contributed by atoms with Gasteiger partial charge in [0.15, 0.2) is 5.96 Å². The number of aliphatic imine (C=N–C) groups is 1. The van der Waals surface area contributed by atoms with Crippen molar-refractivity contribution in [2.24, 2.45) is 16.5 Å². The van der Waals surface area contributed by atoms with Crippen molar-refractivity contribution in [3.05, 3.63) is 0 Å².